The van der Waals surface area contributed by atoms with Gasteiger partial charge in [0, 0.05) is 42.8 Å². The van der Waals surface area contributed by atoms with Crippen LogP contribution in [0.2, 0.25) is 0 Å². The highest BCUT2D eigenvalue weighted by Crippen LogP contribution is 2.33. The molecule has 28 heavy (non-hydrogen) atoms. The number of pyridine rings is 2. The molecule has 0 bridgehead atoms. The maximum absolute atomic E-state index is 13.0. The van der Waals surface area contributed by atoms with Crippen molar-refractivity contribution in [2.45, 2.75) is 19.5 Å². The Kier molecular flexibility index (Phi) is 4.42. The molecule has 0 fully saturated rings. The lowest BCUT2D eigenvalue weighted by atomic mass is 10.1. The second-order valence-corrected chi connectivity index (χ2v) is 6.34. The average Bonchev–Trinajstić information content (AvgIpc) is 3.05. The summed E-state index contributed by atoms with van der Waals surface area (Å²) in [5.41, 5.74) is 2.53. The van der Waals surface area contributed by atoms with E-state index < -0.39 is 11.9 Å². The predicted molar refractivity (Wildman–Crippen MR) is 98.2 cm³/mol. The molecule has 0 aliphatic heterocycles. The minimum atomic E-state index is -4.56. The van der Waals surface area contributed by atoms with Crippen molar-refractivity contribution in [1.82, 2.24) is 24.9 Å². The van der Waals surface area contributed by atoms with Crippen LogP contribution in [0.5, 0.6) is 0 Å². The van der Waals surface area contributed by atoms with Crippen LogP contribution in [-0.2, 0) is 12.6 Å². The molecule has 0 unspecified atom stereocenters. The number of alkyl halides is 3. The van der Waals surface area contributed by atoms with Gasteiger partial charge >= 0.3 is 6.18 Å². The van der Waals surface area contributed by atoms with Gasteiger partial charge in [-0.3, -0.25) is 0 Å². The normalized spacial score (nSPS) is 11.7. The molecular weight excluding hydrogens is 369 g/mol. The summed E-state index contributed by atoms with van der Waals surface area (Å²) in [6, 6.07) is 4.75. The molecule has 6 nitrogen and oxygen atoms in total. The van der Waals surface area contributed by atoms with Crippen molar-refractivity contribution in [2.75, 3.05) is 5.32 Å². The molecule has 4 heterocycles. The molecule has 0 spiro atoms. The Hall–Kier alpha value is -3.49. The molecule has 0 aliphatic rings. The molecule has 9 heteroatoms. The van der Waals surface area contributed by atoms with Gasteiger partial charge in [-0.1, -0.05) is 0 Å². The van der Waals surface area contributed by atoms with E-state index in [4.69, 9.17) is 0 Å². The van der Waals surface area contributed by atoms with Crippen molar-refractivity contribution in [3.8, 4) is 0 Å². The van der Waals surface area contributed by atoms with Crippen molar-refractivity contribution >= 4 is 22.7 Å². The lowest BCUT2D eigenvalue weighted by molar-refractivity contribution is -0.140. The number of fused-ring (bicyclic) bond motifs is 1. The monoisotopic (exact) mass is 384 g/mol. The third kappa shape index (κ3) is 3.64. The molecule has 0 aromatic carbocycles. The van der Waals surface area contributed by atoms with Crippen LogP contribution < -0.4 is 5.32 Å². The lowest BCUT2D eigenvalue weighted by Gasteiger charge is -2.12. The summed E-state index contributed by atoms with van der Waals surface area (Å²) in [4.78, 5) is 19.1. The number of nitrogens with one attached hydrogen (secondary N) is 2. The highest BCUT2D eigenvalue weighted by atomic mass is 19.4. The van der Waals surface area contributed by atoms with Crippen LogP contribution in [0.25, 0.3) is 11.0 Å². The smallest absolute Gasteiger partial charge is 0.346 e. The Balaban J connectivity index is 1.54. The molecule has 0 amide bonds. The van der Waals surface area contributed by atoms with Crippen LogP contribution in [0.15, 0.2) is 49.2 Å². The van der Waals surface area contributed by atoms with E-state index in [9.17, 15) is 13.2 Å². The first-order chi connectivity index (χ1) is 13.4. The van der Waals surface area contributed by atoms with Crippen molar-refractivity contribution in [3.63, 3.8) is 0 Å². The number of rotatable bonds is 4. The molecule has 0 atom stereocenters. The van der Waals surface area contributed by atoms with Crippen molar-refractivity contribution < 1.29 is 13.2 Å². The average molecular weight is 384 g/mol. The topological polar surface area (TPSA) is 79.4 Å². The van der Waals surface area contributed by atoms with E-state index in [1.165, 1.54) is 12.1 Å². The van der Waals surface area contributed by atoms with Gasteiger partial charge in [0.1, 0.15) is 5.65 Å². The van der Waals surface area contributed by atoms with Gasteiger partial charge in [-0.15, -0.1) is 0 Å². The number of nitrogens with zero attached hydrogens (tertiary/aromatic N) is 4. The fourth-order valence-electron chi connectivity index (χ4n) is 2.89. The fraction of sp³-hybridized carbons (Fsp3) is 0.158. The van der Waals surface area contributed by atoms with Crippen molar-refractivity contribution in [1.29, 1.82) is 0 Å². The van der Waals surface area contributed by atoms with E-state index >= 15 is 0 Å². The quantitative estimate of drug-likeness (QED) is 0.545. The van der Waals surface area contributed by atoms with Crippen LogP contribution in [0.1, 0.15) is 22.4 Å². The zero-order valence-corrected chi connectivity index (χ0v) is 14.7. The Morgan fingerprint density at radius 3 is 2.61 bits per heavy atom. The van der Waals surface area contributed by atoms with Crippen molar-refractivity contribution in [3.05, 3.63) is 71.6 Å². The summed E-state index contributed by atoms with van der Waals surface area (Å²) in [6.07, 6.45) is 3.95. The van der Waals surface area contributed by atoms with Gasteiger partial charge in [0.2, 0.25) is 5.95 Å². The molecule has 2 N–H and O–H groups in total. The molecule has 4 aromatic heterocycles. The lowest BCUT2D eigenvalue weighted by Crippen LogP contribution is -2.12. The zero-order valence-electron chi connectivity index (χ0n) is 14.7. The third-order valence-corrected chi connectivity index (χ3v) is 4.18. The summed E-state index contributed by atoms with van der Waals surface area (Å²) in [5, 5.41) is 3.60. The Morgan fingerprint density at radius 2 is 1.86 bits per heavy atom. The first-order valence-electron chi connectivity index (χ1n) is 8.43. The van der Waals surface area contributed by atoms with Gasteiger partial charge in [0.25, 0.3) is 0 Å². The van der Waals surface area contributed by atoms with Gasteiger partial charge in [0.05, 0.1) is 5.69 Å². The molecule has 4 aromatic rings. The first kappa shape index (κ1) is 17.9. The highest BCUT2D eigenvalue weighted by Gasteiger charge is 2.35. The number of hydrogen-bond donors (Lipinski definition) is 2. The van der Waals surface area contributed by atoms with E-state index in [-0.39, 0.29) is 11.6 Å². The second-order valence-electron chi connectivity index (χ2n) is 6.34. The first-order valence-corrected chi connectivity index (χ1v) is 8.43. The van der Waals surface area contributed by atoms with Crippen LogP contribution >= 0.6 is 0 Å². The number of aromatic amines is 1. The van der Waals surface area contributed by atoms with Gasteiger partial charge < -0.3 is 10.3 Å². The maximum Gasteiger partial charge on any atom is 0.435 e. The van der Waals surface area contributed by atoms with E-state index in [0.717, 1.165) is 33.9 Å². The number of halogens is 3. The van der Waals surface area contributed by atoms with Crippen LogP contribution in [0.3, 0.4) is 0 Å². The maximum atomic E-state index is 13.0. The number of H-pyrrole nitrogens is 1. The van der Waals surface area contributed by atoms with E-state index in [1.807, 2.05) is 19.2 Å². The van der Waals surface area contributed by atoms with E-state index in [1.54, 1.807) is 18.6 Å². The van der Waals surface area contributed by atoms with Gasteiger partial charge in [-0.25, -0.2) is 19.9 Å². The predicted octanol–water partition coefficient (Wildman–Crippen LogP) is 4.41. The molecule has 0 radical (unpaired) electrons. The van der Waals surface area contributed by atoms with E-state index in [0.29, 0.717) is 6.42 Å². The summed E-state index contributed by atoms with van der Waals surface area (Å²) in [6.45, 7) is 1.97. The Morgan fingerprint density at radius 1 is 1.07 bits per heavy atom. The second kappa shape index (κ2) is 6.91. The Bertz CT molecular complexity index is 1120. The van der Waals surface area contributed by atoms with Crippen LogP contribution in [0.4, 0.5) is 24.8 Å². The minimum absolute atomic E-state index is 0.0682. The Labute approximate surface area is 157 Å². The molecule has 0 saturated heterocycles. The summed E-state index contributed by atoms with van der Waals surface area (Å²) < 4.78 is 39.1. The number of aryl methyl sites for hydroxylation is 1. The highest BCUT2D eigenvalue weighted by molar-refractivity contribution is 5.80. The van der Waals surface area contributed by atoms with Crippen LogP contribution in [-0.4, -0.2) is 24.9 Å². The molecule has 142 valence electrons. The fourth-order valence-corrected chi connectivity index (χ4v) is 2.89. The summed E-state index contributed by atoms with van der Waals surface area (Å²) in [7, 11) is 0. The van der Waals surface area contributed by atoms with Gasteiger partial charge in [0.15, 0.2) is 5.69 Å². The summed E-state index contributed by atoms with van der Waals surface area (Å²) >= 11 is 0. The van der Waals surface area contributed by atoms with E-state index in [2.05, 4.69) is 30.2 Å². The van der Waals surface area contributed by atoms with Gasteiger partial charge in [-0.2, -0.15) is 13.2 Å². The largest absolute Gasteiger partial charge is 0.435 e. The third-order valence-electron chi connectivity index (χ3n) is 4.18. The molecule has 0 saturated carbocycles. The SMILES string of the molecule is Cc1cnc2[nH]cc(Cc3cnc(Nc4cccnc4C(F)(F)F)nc3)c2c1. The van der Waals surface area contributed by atoms with Crippen LogP contribution in [0, 0.1) is 6.92 Å². The van der Waals surface area contributed by atoms with Crippen molar-refractivity contribution in [2.24, 2.45) is 0 Å². The van der Waals surface area contributed by atoms with Gasteiger partial charge in [-0.05, 0) is 41.8 Å². The molecule has 4 rings (SSSR count). The minimum Gasteiger partial charge on any atom is -0.346 e. The molecular formula is C19H15F3N6. The zero-order chi connectivity index (χ0) is 19.7. The molecule has 0 aliphatic carbocycles. The number of anilines is 2. The standard InChI is InChI=1S/C19H15F3N6/c1-11-5-14-13(10-25-17(14)24-7-11)6-12-8-26-18(27-9-12)28-15-3-2-4-23-16(15)19(20,21)22/h2-5,7-10H,6H2,1H3,(H,24,25)(H,26,27,28). The number of hydrogen-bond acceptors (Lipinski definition) is 5. The summed E-state index contributed by atoms with van der Waals surface area (Å²) in [5.74, 6) is 0.0682. The number of aromatic nitrogens is 5.